The van der Waals surface area contributed by atoms with Crippen LogP contribution in [0, 0.1) is 5.41 Å². The van der Waals surface area contributed by atoms with Gasteiger partial charge in [-0.2, -0.15) is 0 Å². The SMILES string of the molecule is O=C1NC(=O)C(Cc2cc(Br)cc(Br)c2)(Cc2cc(Br)cc(Br)c2)C(=O)N1. The molecule has 1 fully saturated rings. The molecule has 0 aromatic heterocycles. The van der Waals surface area contributed by atoms with E-state index in [0.29, 0.717) is 0 Å². The molecule has 1 aliphatic heterocycles. The minimum absolute atomic E-state index is 0.139. The number of benzene rings is 2. The molecule has 9 heteroatoms. The lowest BCUT2D eigenvalue weighted by atomic mass is 9.74. The van der Waals surface area contributed by atoms with Gasteiger partial charge in [-0.1, -0.05) is 63.7 Å². The first-order valence-corrected chi connectivity index (χ1v) is 10.9. The summed E-state index contributed by atoms with van der Waals surface area (Å²) >= 11 is 13.7. The number of carbonyl (C=O) groups is 3. The van der Waals surface area contributed by atoms with Gasteiger partial charge in [-0.25, -0.2) is 4.79 Å². The van der Waals surface area contributed by atoms with Gasteiger partial charge in [-0.15, -0.1) is 0 Å². The van der Waals surface area contributed by atoms with Gasteiger partial charge < -0.3 is 0 Å². The lowest BCUT2D eigenvalue weighted by Crippen LogP contribution is -2.64. The molecule has 4 amide bonds. The van der Waals surface area contributed by atoms with Crippen LogP contribution >= 0.6 is 63.7 Å². The minimum Gasteiger partial charge on any atom is -0.277 e. The smallest absolute Gasteiger partial charge is 0.277 e. The van der Waals surface area contributed by atoms with Gasteiger partial charge in [0.25, 0.3) is 0 Å². The van der Waals surface area contributed by atoms with E-state index in [0.717, 1.165) is 29.0 Å². The molecule has 5 nitrogen and oxygen atoms in total. The quantitative estimate of drug-likeness (QED) is 0.477. The first-order valence-electron chi connectivity index (χ1n) is 7.75. The second-order valence-electron chi connectivity index (χ2n) is 6.23. The molecule has 0 atom stereocenters. The van der Waals surface area contributed by atoms with E-state index < -0.39 is 23.3 Å². The number of carbonyl (C=O) groups excluding carboxylic acids is 3. The zero-order chi connectivity index (χ0) is 19.8. The molecule has 2 aromatic carbocycles. The lowest BCUT2D eigenvalue weighted by molar-refractivity contribution is -0.144. The molecule has 1 heterocycles. The van der Waals surface area contributed by atoms with Crippen LogP contribution in [0.25, 0.3) is 0 Å². The Balaban J connectivity index is 2.07. The molecule has 0 radical (unpaired) electrons. The van der Waals surface area contributed by atoms with Crippen molar-refractivity contribution in [3.63, 3.8) is 0 Å². The van der Waals surface area contributed by atoms with Crippen molar-refractivity contribution in [1.29, 1.82) is 0 Å². The number of hydrogen-bond donors (Lipinski definition) is 2. The van der Waals surface area contributed by atoms with Gasteiger partial charge in [-0.3, -0.25) is 20.2 Å². The molecule has 0 bridgehead atoms. The maximum absolute atomic E-state index is 12.8. The molecule has 3 rings (SSSR count). The van der Waals surface area contributed by atoms with E-state index in [2.05, 4.69) is 74.4 Å². The van der Waals surface area contributed by atoms with Crippen molar-refractivity contribution in [3.8, 4) is 0 Å². The summed E-state index contributed by atoms with van der Waals surface area (Å²) in [5.74, 6) is -1.22. The zero-order valence-electron chi connectivity index (χ0n) is 13.6. The second kappa shape index (κ2) is 8.14. The Hall–Kier alpha value is -1.03. The average molecular weight is 624 g/mol. The number of urea groups is 1. The average Bonchev–Trinajstić information content (AvgIpc) is 2.50. The highest BCUT2D eigenvalue weighted by Gasteiger charge is 2.50. The highest BCUT2D eigenvalue weighted by Crippen LogP contribution is 2.34. The number of amides is 4. The van der Waals surface area contributed by atoms with Gasteiger partial charge in [0.2, 0.25) is 11.8 Å². The fourth-order valence-electron chi connectivity index (χ4n) is 3.09. The predicted octanol–water partition coefficient (Wildman–Crippen LogP) is 4.87. The fourth-order valence-corrected chi connectivity index (χ4v) is 5.86. The Bertz CT molecular complexity index is 846. The van der Waals surface area contributed by atoms with Crippen LogP contribution in [-0.4, -0.2) is 17.8 Å². The van der Waals surface area contributed by atoms with Crippen molar-refractivity contribution in [2.75, 3.05) is 0 Å². The van der Waals surface area contributed by atoms with Crippen LogP contribution in [0.5, 0.6) is 0 Å². The van der Waals surface area contributed by atoms with Crippen LogP contribution in [0.2, 0.25) is 0 Å². The number of nitrogens with one attached hydrogen (secondary N) is 2. The monoisotopic (exact) mass is 620 g/mol. The molecule has 27 heavy (non-hydrogen) atoms. The molecular weight excluding hydrogens is 612 g/mol. The van der Waals surface area contributed by atoms with Gasteiger partial charge in [0.1, 0.15) is 5.41 Å². The molecule has 140 valence electrons. The third kappa shape index (κ3) is 4.70. The van der Waals surface area contributed by atoms with Crippen LogP contribution in [0.1, 0.15) is 11.1 Å². The molecule has 1 saturated heterocycles. The maximum Gasteiger partial charge on any atom is 0.328 e. The summed E-state index contributed by atoms with van der Waals surface area (Å²) in [6, 6.07) is 10.3. The third-order valence-electron chi connectivity index (χ3n) is 4.18. The fraction of sp³-hybridized carbons (Fsp3) is 0.167. The summed E-state index contributed by atoms with van der Waals surface area (Å²) < 4.78 is 3.28. The molecular formula is C18H12Br4N2O3. The Morgan fingerprint density at radius 2 is 0.963 bits per heavy atom. The van der Waals surface area contributed by atoms with Crippen LogP contribution in [-0.2, 0) is 22.4 Å². The van der Waals surface area contributed by atoms with Crippen LogP contribution in [0.3, 0.4) is 0 Å². The lowest BCUT2D eigenvalue weighted by Gasteiger charge is -2.34. The molecule has 0 spiro atoms. The van der Waals surface area contributed by atoms with Gasteiger partial charge in [-0.05, 0) is 60.4 Å². The molecule has 2 aromatic rings. The topological polar surface area (TPSA) is 75.3 Å². The minimum atomic E-state index is -1.45. The largest absolute Gasteiger partial charge is 0.328 e. The predicted molar refractivity (Wildman–Crippen MR) is 115 cm³/mol. The van der Waals surface area contributed by atoms with E-state index >= 15 is 0 Å². The summed E-state index contributed by atoms with van der Waals surface area (Å²) in [6.07, 6.45) is 0.278. The zero-order valence-corrected chi connectivity index (χ0v) is 20.0. The van der Waals surface area contributed by atoms with Crippen molar-refractivity contribution in [2.45, 2.75) is 12.8 Å². The summed E-state index contributed by atoms with van der Waals surface area (Å²) in [4.78, 5) is 37.3. The molecule has 2 N–H and O–H groups in total. The molecule has 0 unspecified atom stereocenters. The van der Waals surface area contributed by atoms with Gasteiger partial charge in [0.15, 0.2) is 0 Å². The van der Waals surface area contributed by atoms with E-state index in [9.17, 15) is 14.4 Å². The summed E-state index contributed by atoms with van der Waals surface area (Å²) in [7, 11) is 0. The summed E-state index contributed by atoms with van der Waals surface area (Å²) in [5.41, 5.74) is 0.115. The Kier molecular flexibility index (Phi) is 6.24. The van der Waals surface area contributed by atoms with Gasteiger partial charge in [0.05, 0.1) is 0 Å². The van der Waals surface area contributed by atoms with Crippen LogP contribution < -0.4 is 10.6 Å². The standard InChI is InChI=1S/C18H12Br4N2O3/c19-11-1-9(2-12(20)5-11)7-18(15(25)23-17(27)24-16(18)26)8-10-3-13(21)6-14(22)4-10/h1-6H,7-8H2,(H2,23,24,25,26,27). The molecule has 1 aliphatic rings. The Morgan fingerprint density at radius 3 is 1.30 bits per heavy atom. The van der Waals surface area contributed by atoms with Crippen molar-refractivity contribution in [3.05, 3.63) is 65.4 Å². The number of barbiturate groups is 1. The van der Waals surface area contributed by atoms with E-state index in [1.807, 2.05) is 36.4 Å². The normalized spacial score (nSPS) is 16.1. The van der Waals surface area contributed by atoms with Crippen molar-refractivity contribution in [1.82, 2.24) is 10.6 Å². The first kappa shape index (κ1) is 20.7. The van der Waals surface area contributed by atoms with Crippen molar-refractivity contribution in [2.24, 2.45) is 5.41 Å². The van der Waals surface area contributed by atoms with Gasteiger partial charge >= 0.3 is 6.03 Å². The molecule has 0 aliphatic carbocycles. The van der Waals surface area contributed by atoms with Gasteiger partial charge in [0, 0.05) is 17.9 Å². The number of imide groups is 2. The Labute approximate surface area is 189 Å². The highest BCUT2D eigenvalue weighted by atomic mass is 79.9. The van der Waals surface area contributed by atoms with Crippen LogP contribution in [0.4, 0.5) is 4.79 Å². The van der Waals surface area contributed by atoms with Crippen molar-refractivity contribution >= 4 is 81.6 Å². The second-order valence-corrected chi connectivity index (χ2v) is 9.89. The van der Waals surface area contributed by atoms with Crippen LogP contribution in [0.15, 0.2) is 54.3 Å². The number of rotatable bonds is 4. The highest BCUT2D eigenvalue weighted by molar-refractivity contribution is 9.11. The summed E-state index contributed by atoms with van der Waals surface area (Å²) in [5, 5.41) is 4.49. The maximum atomic E-state index is 12.8. The number of hydrogen-bond acceptors (Lipinski definition) is 3. The molecule has 0 saturated carbocycles. The Morgan fingerprint density at radius 1 is 0.630 bits per heavy atom. The first-order chi connectivity index (χ1) is 12.7. The number of halogens is 4. The summed E-state index contributed by atoms with van der Waals surface area (Å²) in [6.45, 7) is 0. The third-order valence-corrected chi connectivity index (χ3v) is 6.01. The van der Waals surface area contributed by atoms with E-state index in [-0.39, 0.29) is 12.8 Å². The van der Waals surface area contributed by atoms with E-state index in [1.54, 1.807) is 0 Å². The van der Waals surface area contributed by atoms with Crippen molar-refractivity contribution < 1.29 is 14.4 Å². The van der Waals surface area contributed by atoms with E-state index in [1.165, 1.54) is 0 Å². The van der Waals surface area contributed by atoms with E-state index in [4.69, 9.17) is 0 Å².